The molecular weight excluding hydrogens is 514 g/mol. The molecule has 0 unspecified atom stereocenters. The van der Waals surface area contributed by atoms with Gasteiger partial charge in [-0.25, -0.2) is 8.42 Å². The second-order valence-corrected chi connectivity index (χ2v) is 11.0. The van der Waals surface area contributed by atoms with Crippen LogP contribution in [-0.2, 0) is 16.4 Å². The van der Waals surface area contributed by atoms with Gasteiger partial charge in [-0.05, 0) is 73.4 Å². The molecule has 0 bridgehead atoms. The van der Waals surface area contributed by atoms with E-state index in [0.29, 0.717) is 17.8 Å². The Hall–Kier alpha value is -4.11. The molecule has 4 aromatic rings. The van der Waals surface area contributed by atoms with Gasteiger partial charge in [0.2, 0.25) is 5.43 Å². The van der Waals surface area contributed by atoms with Crippen molar-refractivity contribution in [2.45, 2.75) is 51.0 Å². The molecule has 1 amide bonds. The molecule has 0 aliphatic rings. The number of hydrogen-bond donors (Lipinski definition) is 3. The number of nitrogens with one attached hydrogen (secondary N) is 3. The highest BCUT2D eigenvalue weighted by Crippen LogP contribution is 2.21. The number of carbonyl (C=O) groups is 1. The van der Waals surface area contributed by atoms with Crippen LogP contribution in [0.4, 0.5) is 5.69 Å². The smallest absolute Gasteiger partial charge is 0.261 e. The highest BCUT2D eigenvalue weighted by molar-refractivity contribution is 7.92. The standard InChI is InChI=1S/C30H33N3O5S/c1-4-6-17-38-24-13-9-22(10-14-24)20(3)32-30(35)27-19-31-28-16-15-25(18-26(28)29(27)34)39(36,37)33-23-11-7-21(5-2)8-12-23/h7-16,18-20,33H,4-6,17H2,1-3H3,(H,31,34)(H,32,35)/t20-/m0/s1. The van der Waals surface area contributed by atoms with Gasteiger partial charge in [-0.1, -0.05) is 44.5 Å². The Morgan fingerprint density at radius 2 is 1.72 bits per heavy atom. The van der Waals surface area contributed by atoms with Crippen LogP contribution in [0, 0.1) is 0 Å². The Bertz CT molecular complexity index is 1610. The van der Waals surface area contributed by atoms with Crippen molar-refractivity contribution in [2.24, 2.45) is 0 Å². The Balaban J connectivity index is 1.52. The fraction of sp³-hybridized carbons (Fsp3) is 0.267. The van der Waals surface area contributed by atoms with Crippen molar-refractivity contribution < 1.29 is 17.9 Å². The molecule has 0 aliphatic heterocycles. The van der Waals surface area contributed by atoms with E-state index in [1.54, 1.807) is 12.1 Å². The van der Waals surface area contributed by atoms with Gasteiger partial charge in [-0.3, -0.25) is 14.3 Å². The summed E-state index contributed by atoms with van der Waals surface area (Å²) in [5.74, 6) is 0.200. The fourth-order valence-electron chi connectivity index (χ4n) is 4.10. The van der Waals surface area contributed by atoms with Crippen LogP contribution in [0.1, 0.15) is 61.1 Å². The molecule has 39 heavy (non-hydrogen) atoms. The lowest BCUT2D eigenvalue weighted by Gasteiger charge is -2.15. The maximum absolute atomic E-state index is 13.3. The number of ether oxygens (including phenoxy) is 1. The van der Waals surface area contributed by atoms with Gasteiger partial charge in [0.05, 0.1) is 17.5 Å². The molecule has 0 aliphatic carbocycles. The predicted octanol–water partition coefficient (Wildman–Crippen LogP) is 5.56. The van der Waals surface area contributed by atoms with Crippen molar-refractivity contribution in [1.29, 1.82) is 0 Å². The molecule has 1 atom stereocenters. The average molecular weight is 548 g/mol. The highest BCUT2D eigenvalue weighted by Gasteiger charge is 2.19. The molecule has 1 heterocycles. The van der Waals surface area contributed by atoms with Crippen LogP contribution in [0.15, 0.2) is 82.6 Å². The number of hydrogen-bond acceptors (Lipinski definition) is 5. The number of aromatic amines is 1. The lowest BCUT2D eigenvalue weighted by molar-refractivity contribution is 0.0938. The number of carbonyl (C=O) groups excluding carboxylic acids is 1. The number of anilines is 1. The summed E-state index contributed by atoms with van der Waals surface area (Å²) in [6.07, 6.45) is 4.22. The number of rotatable bonds is 11. The number of benzene rings is 3. The van der Waals surface area contributed by atoms with E-state index < -0.39 is 21.4 Å². The van der Waals surface area contributed by atoms with Gasteiger partial charge < -0.3 is 15.0 Å². The van der Waals surface area contributed by atoms with Gasteiger partial charge >= 0.3 is 0 Å². The topological polar surface area (TPSA) is 117 Å². The minimum atomic E-state index is -3.95. The van der Waals surface area contributed by atoms with E-state index in [1.165, 1.54) is 24.4 Å². The Labute approximate surface area is 228 Å². The molecule has 3 N–H and O–H groups in total. The van der Waals surface area contributed by atoms with Crippen LogP contribution in [0.5, 0.6) is 5.75 Å². The second-order valence-electron chi connectivity index (χ2n) is 9.36. The fourth-order valence-corrected chi connectivity index (χ4v) is 5.19. The zero-order valence-electron chi connectivity index (χ0n) is 22.3. The summed E-state index contributed by atoms with van der Waals surface area (Å²) in [5, 5.41) is 2.95. The largest absolute Gasteiger partial charge is 0.494 e. The summed E-state index contributed by atoms with van der Waals surface area (Å²) in [6.45, 7) is 6.59. The zero-order chi connectivity index (χ0) is 28.0. The third kappa shape index (κ3) is 6.67. The Morgan fingerprint density at radius 3 is 2.38 bits per heavy atom. The maximum atomic E-state index is 13.3. The van der Waals surface area contributed by atoms with Gasteiger partial charge in [0.1, 0.15) is 11.3 Å². The lowest BCUT2D eigenvalue weighted by atomic mass is 10.1. The summed E-state index contributed by atoms with van der Waals surface area (Å²) in [6, 6.07) is 18.4. The number of aromatic nitrogens is 1. The van der Waals surface area contributed by atoms with Gasteiger partial charge in [-0.15, -0.1) is 0 Å². The van der Waals surface area contributed by atoms with Crippen LogP contribution in [0.25, 0.3) is 10.9 Å². The van der Waals surface area contributed by atoms with E-state index >= 15 is 0 Å². The molecule has 3 aromatic carbocycles. The molecular formula is C30H33N3O5S. The monoisotopic (exact) mass is 547 g/mol. The molecule has 0 fully saturated rings. The van der Waals surface area contributed by atoms with Crippen molar-refractivity contribution in [3.8, 4) is 5.75 Å². The molecule has 9 heteroatoms. The number of pyridine rings is 1. The summed E-state index contributed by atoms with van der Waals surface area (Å²) >= 11 is 0. The first kappa shape index (κ1) is 27.9. The molecule has 1 aromatic heterocycles. The predicted molar refractivity (Wildman–Crippen MR) is 154 cm³/mol. The summed E-state index contributed by atoms with van der Waals surface area (Å²) in [7, 11) is -3.95. The zero-order valence-corrected chi connectivity index (χ0v) is 23.1. The van der Waals surface area contributed by atoms with E-state index in [1.807, 2.05) is 50.2 Å². The quantitative estimate of drug-likeness (QED) is 0.213. The molecule has 0 saturated carbocycles. The number of aryl methyl sites for hydroxylation is 1. The summed E-state index contributed by atoms with van der Waals surface area (Å²) in [4.78, 5) is 29.1. The van der Waals surface area contributed by atoms with Crippen molar-refractivity contribution in [2.75, 3.05) is 11.3 Å². The lowest BCUT2D eigenvalue weighted by Crippen LogP contribution is -2.31. The van der Waals surface area contributed by atoms with Crippen molar-refractivity contribution in [1.82, 2.24) is 10.3 Å². The minimum absolute atomic E-state index is 0.0766. The number of amides is 1. The van der Waals surface area contributed by atoms with Gasteiger partial charge in [0.25, 0.3) is 15.9 Å². The molecule has 0 spiro atoms. The van der Waals surface area contributed by atoms with E-state index in [0.717, 1.165) is 36.1 Å². The normalized spacial score (nSPS) is 12.2. The van der Waals surface area contributed by atoms with Crippen LogP contribution in [0.3, 0.4) is 0 Å². The van der Waals surface area contributed by atoms with E-state index in [-0.39, 0.29) is 21.9 Å². The highest BCUT2D eigenvalue weighted by atomic mass is 32.2. The van der Waals surface area contributed by atoms with Crippen LogP contribution in [0.2, 0.25) is 0 Å². The Kier molecular flexibility index (Phi) is 8.71. The average Bonchev–Trinajstić information content (AvgIpc) is 2.93. The Morgan fingerprint density at radius 1 is 1.00 bits per heavy atom. The number of unbranched alkanes of at least 4 members (excludes halogenated alkanes) is 1. The first-order valence-corrected chi connectivity index (χ1v) is 14.5. The van der Waals surface area contributed by atoms with Crippen LogP contribution >= 0.6 is 0 Å². The summed E-state index contributed by atoms with van der Waals surface area (Å²) in [5.41, 5.74) is 2.13. The first-order valence-electron chi connectivity index (χ1n) is 13.0. The number of H-pyrrole nitrogens is 1. The van der Waals surface area contributed by atoms with Crippen molar-refractivity contribution in [3.63, 3.8) is 0 Å². The van der Waals surface area contributed by atoms with E-state index in [2.05, 4.69) is 21.9 Å². The van der Waals surface area contributed by atoms with Gasteiger partial charge in [0, 0.05) is 22.8 Å². The van der Waals surface area contributed by atoms with Crippen LogP contribution in [-0.4, -0.2) is 25.9 Å². The summed E-state index contributed by atoms with van der Waals surface area (Å²) < 4.78 is 34.3. The molecule has 0 saturated heterocycles. The van der Waals surface area contributed by atoms with E-state index in [9.17, 15) is 18.0 Å². The van der Waals surface area contributed by atoms with Crippen molar-refractivity contribution in [3.05, 3.63) is 99.8 Å². The minimum Gasteiger partial charge on any atom is -0.494 e. The maximum Gasteiger partial charge on any atom is 0.261 e. The number of fused-ring (bicyclic) bond motifs is 1. The molecule has 204 valence electrons. The third-order valence-corrected chi connectivity index (χ3v) is 7.89. The van der Waals surface area contributed by atoms with Gasteiger partial charge in [-0.2, -0.15) is 0 Å². The van der Waals surface area contributed by atoms with Crippen molar-refractivity contribution >= 4 is 32.5 Å². The SMILES string of the molecule is CCCCOc1ccc([C@H](C)NC(=O)c2c[nH]c3ccc(S(=O)(=O)Nc4ccc(CC)cc4)cc3c2=O)cc1. The van der Waals surface area contributed by atoms with Gasteiger partial charge in [0.15, 0.2) is 0 Å². The first-order chi connectivity index (χ1) is 18.7. The molecule has 4 rings (SSSR count). The number of sulfonamides is 1. The van der Waals surface area contributed by atoms with E-state index in [4.69, 9.17) is 4.74 Å². The van der Waals surface area contributed by atoms with Crippen LogP contribution < -0.4 is 20.2 Å². The third-order valence-electron chi connectivity index (χ3n) is 6.52. The second kappa shape index (κ2) is 12.2. The molecule has 0 radical (unpaired) electrons. The molecule has 8 nitrogen and oxygen atoms in total.